The van der Waals surface area contributed by atoms with Crippen LogP contribution >= 0.6 is 11.3 Å². The molecule has 138 valence electrons. The first-order chi connectivity index (χ1) is 12.3. The lowest BCUT2D eigenvalue weighted by molar-refractivity contribution is 0.0984. The number of halogens is 1. The van der Waals surface area contributed by atoms with Gasteiger partial charge in [0.15, 0.2) is 5.13 Å². The highest BCUT2D eigenvalue weighted by atomic mass is 32.1. The number of fused-ring (bicyclic) bond motifs is 1. The smallest absolute Gasteiger partial charge is 0.263 e. The predicted octanol–water partition coefficient (Wildman–Crippen LogP) is 4.24. The van der Waals surface area contributed by atoms with Crippen molar-refractivity contribution in [2.75, 3.05) is 32.1 Å². The average molecular weight is 375 g/mol. The minimum Gasteiger partial charge on any atom is -0.466 e. The number of thiazole rings is 1. The lowest BCUT2D eigenvalue weighted by atomic mass is 10.2. The van der Waals surface area contributed by atoms with Crippen molar-refractivity contribution in [1.29, 1.82) is 0 Å². The van der Waals surface area contributed by atoms with E-state index in [1.165, 1.54) is 23.5 Å². The molecule has 26 heavy (non-hydrogen) atoms. The van der Waals surface area contributed by atoms with Gasteiger partial charge in [0.2, 0.25) is 0 Å². The molecule has 3 aromatic rings. The summed E-state index contributed by atoms with van der Waals surface area (Å²) in [5.74, 6) is 0.847. The quantitative estimate of drug-likeness (QED) is 0.646. The Labute approximate surface area is 156 Å². The Morgan fingerprint density at radius 3 is 2.65 bits per heavy atom. The number of aryl methyl sites for hydroxylation is 2. The lowest BCUT2D eigenvalue weighted by Crippen LogP contribution is -2.33. The van der Waals surface area contributed by atoms with Gasteiger partial charge in [-0.15, -0.1) is 0 Å². The molecule has 0 atom stereocenters. The molecule has 2 aromatic heterocycles. The summed E-state index contributed by atoms with van der Waals surface area (Å²) >= 11 is 1.32. The zero-order valence-electron chi connectivity index (χ0n) is 15.4. The molecule has 2 heterocycles. The third-order valence-electron chi connectivity index (χ3n) is 4.07. The van der Waals surface area contributed by atoms with Crippen LogP contribution in [0.25, 0.3) is 10.2 Å². The molecule has 0 saturated carbocycles. The van der Waals surface area contributed by atoms with Crippen molar-refractivity contribution in [2.45, 2.75) is 20.3 Å². The van der Waals surface area contributed by atoms with E-state index in [0.717, 1.165) is 17.7 Å². The van der Waals surface area contributed by atoms with E-state index in [2.05, 4.69) is 9.88 Å². The second-order valence-electron chi connectivity index (χ2n) is 6.55. The number of rotatable bonds is 6. The number of nitrogens with zero attached hydrogens (tertiary/aromatic N) is 3. The van der Waals surface area contributed by atoms with E-state index in [0.29, 0.717) is 34.3 Å². The summed E-state index contributed by atoms with van der Waals surface area (Å²) in [7, 11) is 3.99. The topological polar surface area (TPSA) is 49.6 Å². The summed E-state index contributed by atoms with van der Waals surface area (Å²) in [6, 6.07) is 6.23. The van der Waals surface area contributed by atoms with Gasteiger partial charge in [-0.25, -0.2) is 9.37 Å². The Morgan fingerprint density at radius 1 is 1.23 bits per heavy atom. The molecule has 0 aliphatic carbocycles. The molecule has 0 unspecified atom stereocenters. The van der Waals surface area contributed by atoms with Crippen LogP contribution in [0.4, 0.5) is 9.52 Å². The molecule has 5 nitrogen and oxygen atoms in total. The maximum absolute atomic E-state index is 13.5. The van der Waals surface area contributed by atoms with E-state index >= 15 is 0 Å². The second kappa shape index (κ2) is 7.55. The van der Waals surface area contributed by atoms with E-state index in [1.54, 1.807) is 24.0 Å². The fraction of sp³-hybridized carbons (Fsp3) is 0.368. The fourth-order valence-corrected chi connectivity index (χ4v) is 3.83. The maximum atomic E-state index is 13.5. The number of hydrogen-bond donors (Lipinski definition) is 0. The second-order valence-corrected chi connectivity index (χ2v) is 7.56. The molecule has 0 saturated heterocycles. The highest BCUT2D eigenvalue weighted by Crippen LogP contribution is 2.31. The van der Waals surface area contributed by atoms with E-state index < -0.39 is 0 Å². The van der Waals surface area contributed by atoms with Crippen molar-refractivity contribution in [3.8, 4) is 0 Å². The first kappa shape index (κ1) is 18.5. The number of carbonyl (C=O) groups excluding carboxylic acids is 1. The van der Waals surface area contributed by atoms with Crippen LogP contribution in [0.3, 0.4) is 0 Å². The zero-order valence-corrected chi connectivity index (χ0v) is 16.2. The molecule has 3 rings (SSSR count). The molecule has 0 aliphatic rings. The van der Waals surface area contributed by atoms with Gasteiger partial charge in [-0.3, -0.25) is 9.69 Å². The van der Waals surface area contributed by atoms with E-state index in [4.69, 9.17) is 4.42 Å². The first-order valence-electron chi connectivity index (χ1n) is 8.45. The number of benzene rings is 1. The van der Waals surface area contributed by atoms with Crippen LogP contribution in [-0.2, 0) is 0 Å². The standard InChI is InChI=1S/C19H22FN3O2S/c1-12-10-15(13(2)25-12)18(24)23(9-5-8-22(3)4)19-21-16-7-6-14(20)11-17(16)26-19/h6-7,10-11H,5,8-9H2,1-4H3. The molecule has 1 amide bonds. The molecule has 0 radical (unpaired) electrons. The molecule has 1 aromatic carbocycles. The van der Waals surface area contributed by atoms with Crippen molar-refractivity contribution in [1.82, 2.24) is 9.88 Å². The van der Waals surface area contributed by atoms with Crippen molar-refractivity contribution < 1.29 is 13.6 Å². The molecule has 7 heteroatoms. The monoisotopic (exact) mass is 375 g/mol. The molecule has 0 bridgehead atoms. The highest BCUT2D eigenvalue weighted by molar-refractivity contribution is 7.22. The number of amides is 1. The van der Waals surface area contributed by atoms with Gasteiger partial charge < -0.3 is 9.32 Å². The van der Waals surface area contributed by atoms with Crippen LogP contribution in [0.5, 0.6) is 0 Å². The summed E-state index contributed by atoms with van der Waals surface area (Å²) in [5.41, 5.74) is 1.23. The van der Waals surface area contributed by atoms with Crippen LogP contribution in [0.15, 0.2) is 28.7 Å². The largest absolute Gasteiger partial charge is 0.466 e. The van der Waals surface area contributed by atoms with Crippen molar-refractivity contribution >= 4 is 32.6 Å². The molecular formula is C19H22FN3O2S. The number of anilines is 1. The van der Waals surface area contributed by atoms with Crippen molar-refractivity contribution in [3.63, 3.8) is 0 Å². The van der Waals surface area contributed by atoms with Crippen LogP contribution < -0.4 is 4.90 Å². The normalized spacial score (nSPS) is 11.5. The summed E-state index contributed by atoms with van der Waals surface area (Å²) in [6.45, 7) is 4.99. The van der Waals surface area contributed by atoms with Crippen LogP contribution in [0.2, 0.25) is 0 Å². The minimum atomic E-state index is -0.306. The van der Waals surface area contributed by atoms with Gasteiger partial charge >= 0.3 is 0 Å². The third kappa shape index (κ3) is 3.94. The number of aromatic nitrogens is 1. The zero-order chi connectivity index (χ0) is 18.8. The van der Waals surface area contributed by atoms with E-state index in [-0.39, 0.29) is 11.7 Å². The van der Waals surface area contributed by atoms with Gasteiger partial charge in [0.25, 0.3) is 5.91 Å². The molecule has 0 fully saturated rings. The maximum Gasteiger partial charge on any atom is 0.263 e. The minimum absolute atomic E-state index is 0.141. The third-order valence-corrected chi connectivity index (χ3v) is 5.11. The summed E-state index contributed by atoms with van der Waals surface area (Å²) in [5, 5.41) is 0.576. The van der Waals surface area contributed by atoms with Crippen LogP contribution in [0, 0.1) is 19.7 Å². The predicted molar refractivity (Wildman–Crippen MR) is 103 cm³/mol. The van der Waals surface area contributed by atoms with Gasteiger partial charge in [-0.2, -0.15) is 0 Å². The van der Waals surface area contributed by atoms with Crippen molar-refractivity contribution in [3.05, 3.63) is 47.2 Å². The molecule has 0 N–H and O–H groups in total. The van der Waals surface area contributed by atoms with Gasteiger partial charge in [-0.05, 0) is 65.2 Å². The Morgan fingerprint density at radius 2 is 2.00 bits per heavy atom. The number of carbonyl (C=O) groups is 1. The van der Waals surface area contributed by atoms with E-state index in [9.17, 15) is 9.18 Å². The molecule has 0 spiro atoms. The summed E-state index contributed by atoms with van der Waals surface area (Å²) < 4.78 is 19.7. The van der Waals surface area contributed by atoms with Gasteiger partial charge in [-0.1, -0.05) is 11.3 Å². The lowest BCUT2D eigenvalue weighted by Gasteiger charge is -2.20. The summed E-state index contributed by atoms with van der Waals surface area (Å²) in [6.07, 6.45) is 0.804. The van der Waals surface area contributed by atoms with Crippen LogP contribution in [0.1, 0.15) is 28.3 Å². The summed E-state index contributed by atoms with van der Waals surface area (Å²) in [4.78, 5) is 21.4. The van der Waals surface area contributed by atoms with Gasteiger partial charge in [0, 0.05) is 6.54 Å². The van der Waals surface area contributed by atoms with E-state index in [1.807, 2.05) is 21.0 Å². The van der Waals surface area contributed by atoms with Crippen LogP contribution in [-0.4, -0.2) is 43.0 Å². The molecule has 0 aliphatic heterocycles. The SMILES string of the molecule is Cc1cc(C(=O)N(CCCN(C)C)c2nc3ccc(F)cc3s2)c(C)o1. The Bertz CT molecular complexity index is 932. The Kier molecular flexibility index (Phi) is 5.38. The highest BCUT2D eigenvalue weighted by Gasteiger charge is 2.24. The number of furan rings is 1. The number of hydrogen-bond acceptors (Lipinski definition) is 5. The Balaban J connectivity index is 1.95. The molecular weight excluding hydrogens is 353 g/mol. The Hall–Kier alpha value is -2.25. The fourth-order valence-electron chi connectivity index (χ4n) is 2.82. The van der Waals surface area contributed by atoms with Crippen molar-refractivity contribution in [2.24, 2.45) is 0 Å². The average Bonchev–Trinajstić information content (AvgIpc) is 3.12. The van der Waals surface area contributed by atoms with Gasteiger partial charge in [0.1, 0.15) is 17.3 Å². The van der Waals surface area contributed by atoms with Gasteiger partial charge in [0.05, 0.1) is 15.8 Å². The first-order valence-corrected chi connectivity index (χ1v) is 9.26.